The summed E-state index contributed by atoms with van der Waals surface area (Å²) in [6, 6.07) is 22.2. The maximum Gasteiger partial charge on any atom is -0.0105 e. The lowest BCUT2D eigenvalue weighted by Gasteiger charge is -2.10. The Labute approximate surface area is 192 Å². The molecule has 0 aromatic heterocycles. The van der Waals surface area contributed by atoms with Crippen LogP contribution in [0.1, 0.15) is 55.6 Å². The molecule has 0 bridgehead atoms. The second-order valence-corrected chi connectivity index (χ2v) is 9.08. The van der Waals surface area contributed by atoms with Gasteiger partial charge in [0.2, 0.25) is 0 Å². The van der Waals surface area contributed by atoms with Crippen molar-refractivity contribution in [2.75, 3.05) is 0 Å². The molecule has 0 heterocycles. The van der Waals surface area contributed by atoms with Gasteiger partial charge in [-0.25, -0.2) is 0 Å². The zero-order valence-electron chi connectivity index (χ0n) is 20.1. The minimum absolute atomic E-state index is 1.25. The Morgan fingerprint density at radius 3 is 1.12 bits per heavy atom. The van der Waals surface area contributed by atoms with Gasteiger partial charge < -0.3 is 0 Å². The molecule has 0 N–H and O–H groups in total. The first-order valence-electron chi connectivity index (χ1n) is 11.4. The third-order valence-corrected chi connectivity index (χ3v) is 6.33. The van der Waals surface area contributed by atoms with E-state index in [-0.39, 0.29) is 0 Å². The Bertz CT molecular complexity index is 1210. The number of benzene rings is 4. The highest BCUT2D eigenvalue weighted by Crippen LogP contribution is 2.28. The van der Waals surface area contributed by atoms with E-state index in [1.54, 1.807) is 0 Å². The van der Waals surface area contributed by atoms with Gasteiger partial charge >= 0.3 is 0 Å². The van der Waals surface area contributed by atoms with Gasteiger partial charge in [0.15, 0.2) is 0 Å². The van der Waals surface area contributed by atoms with Gasteiger partial charge in [-0.1, -0.05) is 96.1 Å². The van der Waals surface area contributed by atoms with Gasteiger partial charge in [-0.2, -0.15) is 0 Å². The molecule has 0 aliphatic heterocycles. The fourth-order valence-electron chi connectivity index (χ4n) is 4.89. The van der Waals surface area contributed by atoms with E-state index in [4.69, 9.17) is 0 Å². The average Bonchev–Trinajstić information content (AvgIpc) is 2.73. The molecule has 0 radical (unpaired) electrons. The normalized spacial score (nSPS) is 11.8. The topological polar surface area (TPSA) is 0 Å². The van der Waals surface area contributed by atoms with Crippen LogP contribution in [0.5, 0.6) is 0 Å². The first-order chi connectivity index (χ1) is 15.3. The Morgan fingerprint density at radius 2 is 0.781 bits per heavy atom. The summed E-state index contributed by atoms with van der Waals surface area (Å²) in [6.07, 6.45) is 9.05. The maximum atomic E-state index is 2.26. The molecule has 160 valence electrons. The van der Waals surface area contributed by atoms with Gasteiger partial charge in [-0.05, 0) is 96.8 Å². The summed E-state index contributed by atoms with van der Waals surface area (Å²) in [6.45, 7) is 13.1. The number of hydrogen-bond donors (Lipinski definition) is 0. The molecule has 0 spiro atoms. The Hall–Kier alpha value is -3.38. The van der Waals surface area contributed by atoms with E-state index in [0.717, 1.165) is 0 Å². The fraction of sp³-hybridized carbons (Fsp3) is 0.188. The van der Waals surface area contributed by atoms with Gasteiger partial charge in [0.25, 0.3) is 0 Å². The molecular formula is C32H32. The predicted octanol–water partition coefficient (Wildman–Crippen LogP) is 9.03. The van der Waals surface area contributed by atoms with Crippen molar-refractivity contribution in [2.45, 2.75) is 41.5 Å². The smallest absolute Gasteiger partial charge is 0.0105 e. The van der Waals surface area contributed by atoms with Crippen molar-refractivity contribution < 1.29 is 0 Å². The number of hydrogen-bond acceptors (Lipinski definition) is 0. The molecule has 0 aliphatic carbocycles. The van der Waals surface area contributed by atoms with E-state index in [1.165, 1.54) is 66.4 Å². The lowest BCUT2D eigenvalue weighted by Crippen LogP contribution is -1.89. The second-order valence-electron chi connectivity index (χ2n) is 9.08. The van der Waals surface area contributed by atoms with Crippen molar-refractivity contribution in [1.82, 2.24) is 0 Å². The molecule has 4 aromatic rings. The highest BCUT2D eigenvalue weighted by Gasteiger charge is 2.05. The fourth-order valence-corrected chi connectivity index (χ4v) is 4.89. The van der Waals surface area contributed by atoms with Gasteiger partial charge in [0.1, 0.15) is 0 Å². The lowest BCUT2D eigenvalue weighted by molar-refractivity contribution is 1.30. The SMILES string of the molecule is Cc1cc(C)c(/C=C/c2ccc(/C=C/c3c(C)cc(C)cc3C)c3ccccc23)c(C)c1. The van der Waals surface area contributed by atoms with E-state index in [1.807, 2.05) is 0 Å². The average molecular weight is 417 g/mol. The monoisotopic (exact) mass is 416 g/mol. The van der Waals surface area contributed by atoms with Crippen LogP contribution in [0, 0.1) is 41.5 Å². The Morgan fingerprint density at radius 1 is 0.438 bits per heavy atom. The minimum Gasteiger partial charge on any atom is -0.0616 e. The molecule has 4 aromatic carbocycles. The molecule has 0 fully saturated rings. The molecule has 0 amide bonds. The van der Waals surface area contributed by atoms with E-state index in [0.29, 0.717) is 0 Å². The summed E-state index contributed by atoms with van der Waals surface area (Å²) < 4.78 is 0. The van der Waals surface area contributed by atoms with Crippen LogP contribution in [0.2, 0.25) is 0 Å². The third kappa shape index (κ3) is 4.46. The van der Waals surface area contributed by atoms with E-state index in [9.17, 15) is 0 Å². The summed E-state index contributed by atoms with van der Waals surface area (Å²) in [5, 5.41) is 2.57. The number of rotatable bonds is 4. The standard InChI is InChI=1S/C32H32/c1-21-17-23(3)29(24(4)18-21)15-13-27-11-12-28(32-10-8-7-9-31(27)32)14-16-30-25(5)19-22(2)20-26(30)6/h7-20H,1-6H3/b15-13+,16-14+. The van der Waals surface area contributed by atoms with Crippen LogP contribution in [0.25, 0.3) is 35.1 Å². The lowest BCUT2D eigenvalue weighted by atomic mass is 9.95. The summed E-state index contributed by atoms with van der Waals surface area (Å²) in [5.41, 5.74) is 13.1. The zero-order valence-corrected chi connectivity index (χ0v) is 20.1. The van der Waals surface area contributed by atoms with Crippen molar-refractivity contribution in [1.29, 1.82) is 0 Å². The van der Waals surface area contributed by atoms with Crippen molar-refractivity contribution in [3.8, 4) is 0 Å². The first-order valence-corrected chi connectivity index (χ1v) is 11.4. The van der Waals surface area contributed by atoms with Gasteiger partial charge in [0, 0.05) is 0 Å². The van der Waals surface area contributed by atoms with Crippen LogP contribution in [0.3, 0.4) is 0 Å². The largest absolute Gasteiger partial charge is 0.0616 e. The molecule has 0 nitrogen and oxygen atoms in total. The van der Waals surface area contributed by atoms with Crippen molar-refractivity contribution in [3.05, 3.63) is 116 Å². The zero-order chi connectivity index (χ0) is 22.8. The molecule has 0 saturated carbocycles. The summed E-state index contributed by atoms with van der Waals surface area (Å²) in [4.78, 5) is 0. The van der Waals surface area contributed by atoms with Gasteiger partial charge in [0.05, 0.1) is 0 Å². The van der Waals surface area contributed by atoms with Crippen molar-refractivity contribution in [3.63, 3.8) is 0 Å². The Kier molecular flexibility index (Phi) is 6.15. The van der Waals surface area contributed by atoms with Crippen molar-refractivity contribution in [2.24, 2.45) is 0 Å². The molecule has 0 unspecified atom stereocenters. The van der Waals surface area contributed by atoms with E-state index in [2.05, 4.69) is 127 Å². The maximum absolute atomic E-state index is 2.26. The second kappa shape index (κ2) is 9.01. The Balaban J connectivity index is 1.75. The number of aryl methyl sites for hydroxylation is 6. The first kappa shape index (κ1) is 21.8. The minimum atomic E-state index is 1.25. The molecule has 0 atom stereocenters. The van der Waals surface area contributed by atoms with E-state index < -0.39 is 0 Å². The summed E-state index contributed by atoms with van der Waals surface area (Å²) in [5.74, 6) is 0. The van der Waals surface area contributed by atoms with Crippen LogP contribution in [-0.2, 0) is 0 Å². The summed E-state index contributed by atoms with van der Waals surface area (Å²) >= 11 is 0. The summed E-state index contributed by atoms with van der Waals surface area (Å²) in [7, 11) is 0. The molecule has 0 aliphatic rings. The molecular weight excluding hydrogens is 384 g/mol. The quantitative estimate of drug-likeness (QED) is 0.291. The van der Waals surface area contributed by atoms with Crippen LogP contribution < -0.4 is 0 Å². The molecule has 0 saturated heterocycles. The van der Waals surface area contributed by atoms with Crippen LogP contribution in [0.4, 0.5) is 0 Å². The van der Waals surface area contributed by atoms with E-state index >= 15 is 0 Å². The highest BCUT2D eigenvalue weighted by molar-refractivity contribution is 5.99. The molecule has 0 heteroatoms. The van der Waals surface area contributed by atoms with Crippen LogP contribution >= 0.6 is 0 Å². The molecule has 32 heavy (non-hydrogen) atoms. The van der Waals surface area contributed by atoms with Crippen LogP contribution in [-0.4, -0.2) is 0 Å². The van der Waals surface area contributed by atoms with Gasteiger partial charge in [-0.15, -0.1) is 0 Å². The third-order valence-electron chi connectivity index (χ3n) is 6.33. The predicted molar refractivity (Wildman–Crippen MR) is 143 cm³/mol. The number of fused-ring (bicyclic) bond motifs is 1. The molecule has 4 rings (SSSR count). The van der Waals surface area contributed by atoms with Gasteiger partial charge in [-0.3, -0.25) is 0 Å². The van der Waals surface area contributed by atoms with Crippen LogP contribution in [0.15, 0.2) is 60.7 Å². The highest BCUT2D eigenvalue weighted by atomic mass is 14.1. The van der Waals surface area contributed by atoms with Crippen molar-refractivity contribution >= 4 is 35.1 Å².